The zero-order valence-electron chi connectivity index (χ0n) is 13.6. The molecule has 0 radical (unpaired) electrons. The number of carbonyl (C=O) groups is 1. The highest BCUT2D eigenvalue weighted by molar-refractivity contribution is 5.83. The van der Waals surface area contributed by atoms with E-state index in [-0.39, 0.29) is 5.92 Å². The third kappa shape index (κ3) is 2.29. The maximum atomic E-state index is 11.7. The number of methoxy groups -OCH3 is 1. The first-order chi connectivity index (χ1) is 11.6. The fourth-order valence-corrected chi connectivity index (χ4v) is 3.91. The summed E-state index contributed by atoms with van der Waals surface area (Å²) in [7, 11) is 1.61. The fourth-order valence-electron chi connectivity index (χ4n) is 3.91. The summed E-state index contributed by atoms with van der Waals surface area (Å²) < 4.78 is 11.0. The van der Waals surface area contributed by atoms with Gasteiger partial charge in [0.1, 0.15) is 17.6 Å². The van der Waals surface area contributed by atoms with Crippen molar-refractivity contribution in [2.24, 2.45) is 5.92 Å². The van der Waals surface area contributed by atoms with Gasteiger partial charge in [0.2, 0.25) is 5.89 Å². The maximum absolute atomic E-state index is 11.7. The van der Waals surface area contributed by atoms with Crippen LogP contribution in [0.15, 0.2) is 34.9 Å². The Bertz CT molecular complexity index is 772. The van der Waals surface area contributed by atoms with Crippen molar-refractivity contribution in [3.63, 3.8) is 0 Å². The van der Waals surface area contributed by atoms with Crippen LogP contribution in [-0.2, 0) is 11.3 Å². The van der Waals surface area contributed by atoms with Crippen molar-refractivity contribution in [3.8, 4) is 17.2 Å². The summed E-state index contributed by atoms with van der Waals surface area (Å²) in [4.78, 5) is 18.3. The molecule has 1 aromatic carbocycles. The molecule has 1 saturated heterocycles. The van der Waals surface area contributed by atoms with Crippen LogP contribution in [0.5, 0.6) is 5.75 Å². The van der Waals surface area contributed by atoms with Gasteiger partial charge in [-0.2, -0.15) is 0 Å². The van der Waals surface area contributed by atoms with Crippen molar-refractivity contribution in [1.82, 2.24) is 9.88 Å². The molecule has 1 aliphatic heterocycles. The number of hydrogen-bond acceptors (Lipinski definition) is 5. The van der Waals surface area contributed by atoms with E-state index in [2.05, 4.69) is 4.98 Å². The van der Waals surface area contributed by atoms with Crippen molar-refractivity contribution in [2.75, 3.05) is 13.7 Å². The molecule has 6 heteroatoms. The number of hydrogen-bond donors (Lipinski definition) is 1. The van der Waals surface area contributed by atoms with Crippen LogP contribution >= 0.6 is 0 Å². The van der Waals surface area contributed by atoms with E-state index in [1.165, 1.54) is 0 Å². The van der Waals surface area contributed by atoms with Gasteiger partial charge in [0.25, 0.3) is 0 Å². The lowest BCUT2D eigenvalue weighted by atomic mass is 10.0. The molecule has 6 nitrogen and oxygen atoms in total. The summed E-state index contributed by atoms with van der Waals surface area (Å²) in [6.07, 6.45) is 4.41. The Labute approximate surface area is 140 Å². The first-order valence-corrected chi connectivity index (χ1v) is 8.21. The van der Waals surface area contributed by atoms with Crippen LogP contribution < -0.4 is 4.74 Å². The molecule has 1 aliphatic carbocycles. The molecular formula is C18H20N2O4. The van der Waals surface area contributed by atoms with Gasteiger partial charge >= 0.3 is 5.97 Å². The van der Waals surface area contributed by atoms with Gasteiger partial charge in [-0.05, 0) is 43.9 Å². The summed E-state index contributed by atoms with van der Waals surface area (Å²) >= 11 is 0. The van der Waals surface area contributed by atoms with Gasteiger partial charge in [0.15, 0.2) is 0 Å². The molecule has 1 saturated carbocycles. The first-order valence-electron chi connectivity index (χ1n) is 8.21. The van der Waals surface area contributed by atoms with Crippen LogP contribution in [0.3, 0.4) is 0 Å². The minimum absolute atomic E-state index is 0.282. The van der Waals surface area contributed by atoms with Crippen LogP contribution in [-0.4, -0.2) is 40.2 Å². The van der Waals surface area contributed by atoms with Crippen LogP contribution in [0.4, 0.5) is 0 Å². The van der Waals surface area contributed by atoms with Crippen LogP contribution in [0, 0.1) is 5.92 Å². The number of likely N-dealkylation sites (tertiary alicyclic amines) is 1. The topological polar surface area (TPSA) is 75.8 Å². The number of ether oxygens (including phenoxy) is 1. The molecule has 0 spiro atoms. The van der Waals surface area contributed by atoms with E-state index >= 15 is 0 Å². The van der Waals surface area contributed by atoms with E-state index in [0.29, 0.717) is 18.2 Å². The number of aliphatic carboxylic acids is 1. The zero-order valence-corrected chi connectivity index (χ0v) is 13.6. The largest absolute Gasteiger partial charge is 0.496 e. The van der Waals surface area contributed by atoms with Crippen molar-refractivity contribution in [3.05, 3.63) is 36.2 Å². The Kier molecular flexibility index (Phi) is 3.57. The van der Waals surface area contributed by atoms with E-state index in [9.17, 15) is 9.90 Å². The van der Waals surface area contributed by atoms with Gasteiger partial charge in [-0.1, -0.05) is 12.1 Å². The molecular weight excluding hydrogens is 308 g/mol. The zero-order chi connectivity index (χ0) is 16.7. The van der Waals surface area contributed by atoms with Gasteiger partial charge < -0.3 is 14.3 Å². The lowest BCUT2D eigenvalue weighted by molar-refractivity contribution is -0.147. The average Bonchev–Trinajstić information content (AvgIpc) is 3.20. The predicted octanol–water partition coefficient (Wildman–Crippen LogP) is 2.79. The van der Waals surface area contributed by atoms with Crippen molar-refractivity contribution in [2.45, 2.75) is 31.3 Å². The van der Waals surface area contributed by atoms with Crippen molar-refractivity contribution < 1.29 is 19.1 Å². The molecule has 4 rings (SSSR count). The third-order valence-corrected chi connectivity index (χ3v) is 5.23. The van der Waals surface area contributed by atoms with Gasteiger partial charge in [0, 0.05) is 6.54 Å². The molecule has 2 fully saturated rings. The molecule has 0 amide bonds. The summed E-state index contributed by atoms with van der Waals surface area (Å²) in [6.45, 7) is 1.29. The van der Waals surface area contributed by atoms with Crippen LogP contribution in [0.25, 0.3) is 11.5 Å². The van der Waals surface area contributed by atoms with E-state index in [0.717, 1.165) is 37.1 Å². The fraction of sp³-hybridized carbons (Fsp3) is 0.444. The highest BCUT2D eigenvalue weighted by atomic mass is 16.5. The number of carboxylic acids is 1. The molecule has 126 valence electrons. The van der Waals surface area contributed by atoms with E-state index < -0.39 is 11.5 Å². The Morgan fingerprint density at radius 1 is 1.50 bits per heavy atom. The average molecular weight is 328 g/mol. The van der Waals surface area contributed by atoms with Gasteiger partial charge in [-0.15, -0.1) is 0 Å². The van der Waals surface area contributed by atoms with E-state index in [1.807, 2.05) is 29.2 Å². The summed E-state index contributed by atoms with van der Waals surface area (Å²) in [5.74, 6) is 0.773. The summed E-state index contributed by atoms with van der Waals surface area (Å²) in [5, 5.41) is 9.64. The van der Waals surface area contributed by atoms with E-state index in [1.54, 1.807) is 13.4 Å². The Morgan fingerprint density at radius 2 is 2.33 bits per heavy atom. The maximum Gasteiger partial charge on any atom is 0.324 e. The van der Waals surface area contributed by atoms with Gasteiger partial charge in [-0.3, -0.25) is 9.69 Å². The number of piperidine rings is 1. The lowest BCUT2D eigenvalue weighted by Crippen LogP contribution is -2.47. The molecule has 24 heavy (non-hydrogen) atoms. The summed E-state index contributed by atoms with van der Waals surface area (Å²) in [5.41, 5.74) is 0.869. The number of oxazole rings is 1. The molecule has 1 N–H and O–H groups in total. The minimum Gasteiger partial charge on any atom is -0.496 e. The van der Waals surface area contributed by atoms with Crippen molar-refractivity contribution >= 4 is 5.97 Å². The number of para-hydroxylation sites is 1. The summed E-state index contributed by atoms with van der Waals surface area (Å²) in [6, 6.07) is 7.55. The predicted molar refractivity (Wildman–Crippen MR) is 86.6 cm³/mol. The molecule has 2 atom stereocenters. The Balaban J connectivity index is 1.56. The Hall–Kier alpha value is -2.34. The van der Waals surface area contributed by atoms with Crippen molar-refractivity contribution in [1.29, 1.82) is 0 Å². The number of benzene rings is 1. The van der Waals surface area contributed by atoms with Gasteiger partial charge in [0.05, 0.1) is 18.4 Å². The number of aromatic nitrogens is 1. The number of rotatable bonds is 5. The molecule has 1 aromatic heterocycles. The highest BCUT2D eigenvalue weighted by Crippen LogP contribution is 2.54. The number of nitrogens with zero attached hydrogens (tertiary/aromatic N) is 2. The normalized spacial score (nSPS) is 26.0. The standard InChI is InChI=1S/C18H20N2O4/c1-23-15-7-3-2-6-14(15)16-19-13(11-24-16)10-20-8-4-5-12-9-18(12,20)17(21)22/h2-3,6-7,11-12H,4-5,8-10H2,1H3,(H,21,22)/t12-,18+/m1/s1. The second-order valence-corrected chi connectivity index (χ2v) is 6.54. The monoisotopic (exact) mass is 328 g/mol. The molecule has 0 bridgehead atoms. The molecule has 2 aliphatic rings. The molecule has 2 heterocycles. The SMILES string of the molecule is COc1ccccc1-c1nc(CN2CCC[C@@H]3C[C@@]32C(=O)O)co1. The van der Waals surface area contributed by atoms with Crippen LogP contribution in [0.2, 0.25) is 0 Å². The highest BCUT2D eigenvalue weighted by Gasteiger charge is 2.65. The van der Waals surface area contributed by atoms with E-state index in [4.69, 9.17) is 9.15 Å². The molecule has 2 aromatic rings. The number of fused-ring (bicyclic) bond motifs is 1. The number of carboxylic acid groups (broad SMARTS) is 1. The lowest BCUT2D eigenvalue weighted by Gasteiger charge is -2.32. The quantitative estimate of drug-likeness (QED) is 0.909. The second kappa shape index (κ2) is 5.63. The Morgan fingerprint density at radius 3 is 3.12 bits per heavy atom. The molecule has 0 unspecified atom stereocenters. The smallest absolute Gasteiger partial charge is 0.324 e. The minimum atomic E-state index is -0.708. The van der Waals surface area contributed by atoms with Gasteiger partial charge in [-0.25, -0.2) is 4.98 Å². The second-order valence-electron chi connectivity index (χ2n) is 6.54. The third-order valence-electron chi connectivity index (χ3n) is 5.23. The van der Waals surface area contributed by atoms with Crippen LogP contribution in [0.1, 0.15) is 25.0 Å². The first kappa shape index (κ1) is 15.2.